The maximum Gasteiger partial charge on any atom is -0.0389 e. The van der Waals surface area contributed by atoms with Crippen molar-refractivity contribution in [2.24, 2.45) is 23.7 Å². The summed E-state index contributed by atoms with van der Waals surface area (Å²) in [4.78, 5) is 0. The minimum absolute atomic E-state index is 0.887. The van der Waals surface area contributed by atoms with Crippen molar-refractivity contribution in [1.29, 1.82) is 0 Å². The summed E-state index contributed by atoms with van der Waals surface area (Å²) >= 11 is 0. The average molecular weight is 210 g/mol. The van der Waals surface area contributed by atoms with Crippen LogP contribution in [0, 0.1) is 23.7 Å². The lowest BCUT2D eigenvalue weighted by Gasteiger charge is -2.25. The summed E-state index contributed by atoms with van der Waals surface area (Å²) in [6.07, 6.45) is 10.3. The summed E-state index contributed by atoms with van der Waals surface area (Å²) in [6, 6.07) is 0. The Balaban J connectivity index is 2.31. The standard InChI is InChI=1S/C15H30/c1-5-7-15(12(3)4)11-13(6-2)10-14-8-9-14/h12-15H,5-11H2,1-4H3. The fraction of sp³-hybridized carbons (Fsp3) is 1.00. The van der Waals surface area contributed by atoms with Crippen molar-refractivity contribution in [3.8, 4) is 0 Å². The van der Waals surface area contributed by atoms with E-state index in [0.29, 0.717) is 0 Å². The van der Waals surface area contributed by atoms with Gasteiger partial charge in [-0.3, -0.25) is 0 Å². The Kier molecular flexibility index (Phi) is 5.71. The van der Waals surface area contributed by atoms with E-state index in [4.69, 9.17) is 0 Å². The van der Waals surface area contributed by atoms with Crippen LogP contribution in [0.1, 0.15) is 72.6 Å². The Hall–Kier alpha value is 0. The molecule has 1 rings (SSSR count). The molecule has 0 heteroatoms. The quantitative estimate of drug-likeness (QED) is 0.511. The monoisotopic (exact) mass is 210 g/mol. The largest absolute Gasteiger partial charge is 0.0654 e. The summed E-state index contributed by atoms with van der Waals surface area (Å²) in [6.45, 7) is 9.53. The molecule has 0 saturated heterocycles. The van der Waals surface area contributed by atoms with Crippen molar-refractivity contribution >= 4 is 0 Å². The van der Waals surface area contributed by atoms with Gasteiger partial charge in [0.2, 0.25) is 0 Å². The molecule has 0 heterocycles. The molecule has 1 saturated carbocycles. The van der Waals surface area contributed by atoms with Crippen LogP contribution in [0.15, 0.2) is 0 Å². The molecule has 90 valence electrons. The molecule has 0 N–H and O–H groups in total. The molecule has 0 radical (unpaired) electrons. The first-order valence-corrected chi connectivity index (χ1v) is 7.17. The molecule has 0 aromatic heterocycles. The Bertz CT molecular complexity index is 155. The molecular formula is C15H30. The summed E-state index contributed by atoms with van der Waals surface area (Å²) in [5, 5.41) is 0. The van der Waals surface area contributed by atoms with Gasteiger partial charge in [0.05, 0.1) is 0 Å². The van der Waals surface area contributed by atoms with E-state index < -0.39 is 0 Å². The lowest BCUT2D eigenvalue weighted by atomic mass is 9.81. The SMILES string of the molecule is CCCC(CC(CC)CC1CC1)C(C)C. The maximum atomic E-state index is 2.41. The van der Waals surface area contributed by atoms with E-state index >= 15 is 0 Å². The second-order valence-corrected chi connectivity index (χ2v) is 5.98. The van der Waals surface area contributed by atoms with Gasteiger partial charge in [-0.25, -0.2) is 0 Å². The number of hydrogen-bond donors (Lipinski definition) is 0. The predicted molar refractivity (Wildman–Crippen MR) is 69.0 cm³/mol. The predicted octanol–water partition coefficient (Wildman–Crippen LogP) is 5.28. The summed E-state index contributed by atoms with van der Waals surface area (Å²) in [7, 11) is 0. The van der Waals surface area contributed by atoms with Gasteiger partial charge in [0.1, 0.15) is 0 Å². The topological polar surface area (TPSA) is 0 Å². The van der Waals surface area contributed by atoms with Crippen LogP contribution in [0.2, 0.25) is 0 Å². The Morgan fingerprint density at radius 2 is 1.80 bits per heavy atom. The van der Waals surface area contributed by atoms with Crippen LogP contribution in [0.3, 0.4) is 0 Å². The van der Waals surface area contributed by atoms with Crippen molar-refractivity contribution in [3.05, 3.63) is 0 Å². The van der Waals surface area contributed by atoms with Crippen molar-refractivity contribution in [1.82, 2.24) is 0 Å². The molecule has 2 unspecified atom stereocenters. The van der Waals surface area contributed by atoms with E-state index in [1.165, 1.54) is 44.9 Å². The third-order valence-corrected chi connectivity index (χ3v) is 4.18. The van der Waals surface area contributed by atoms with Crippen LogP contribution >= 0.6 is 0 Å². The van der Waals surface area contributed by atoms with Gasteiger partial charge >= 0.3 is 0 Å². The molecule has 0 spiro atoms. The third-order valence-electron chi connectivity index (χ3n) is 4.18. The zero-order valence-electron chi connectivity index (χ0n) is 11.3. The lowest BCUT2D eigenvalue weighted by Crippen LogP contribution is -2.14. The highest BCUT2D eigenvalue weighted by molar-refractivity contribution is 4.78. The zero-order chi connectivity index (χ0) is 11.3. The van der Waals surface area contributed by atoms with Gasteiger partial charge < -0.3 is 0 Å². The Labute approximate surface area is 96.8 Å². The highest BCUT2D eigenvalue weighted by atomic mass is 14.3. The molecule has 0 amide bonds. The zero-order valence-corrected chi connectivity index (χ0v) is 11.3. The van der Waals surface area contributed by atoms with Crippen LogP contribution in [0.5, 0.6) is 0 Å². The highest BCUT2D eigenvalue weighted by Crippen LogP contribution is 2.39. The van der Waals surface area contributed by atoms with Gasteiger partial charge in [0.15, 0.2) is 0 Å². The fourth-order valence-electron chi connectivity index (χ4n) is 2.78. The minimum atomic E-state index is 0.887. The van der Waals surface area contributed by atoms with E-state index in [0.717, 1.165) is 23.7 Å². The molecule has 0 aromatic carbocycles. The third kappa shape index (κ3) is 5.04. The molecular weight excluding hydrogens is 180 g/mol. The van der Waals surface area contributed by atoms with Gasteiger partial charge in [0.25, 0.3) is 0 Å². The average Bonchev–Trinajstić information content (AvgIpc) is 2.99. The van der Waals surface area contributed by atoms with E-state index in [1.54, 1.807) is 0 Å². The van der Waals surface area contributed by atoms with E-state index in [9.17, 15) is 0 Å². The highest BCUT2D eigenvalue weighted by Gasteiger charge is 2.26. The molecule has 1 fully saturated rings. The van der Waals surface area contributed by atoms with Crippen LogP contribution in [0.4, 0.5) is 0 Å². The van der Waals surface area contributed by atoms with Crippen molar-refractivity contribution < 1.29 is 0 Å². The molecule has 0 aliphatic heterocycles. The van der Waals surface area contributed by atoms with Gasteiger partial charge in [-0.2, -0.15) is 0 Å². The van der Waals surface area contributed by atoms with Gasteiger partial charge in [-0.1, -0.05) is 59.8 Å². The van der Waals surface area contributed by atoms with E-state index in [2.05, 4.69) is 27.7 Å². The Morgan fingerprint density at radius 1 is 1.13 bits per heavy atom. The fourth-order valence-corrected chi connectivity index (χ4v) is 2.78. The second kappa shape index (κ2) is 6.55. The molecule has 0 nitrogen and oxygen atoms in total. The van der Waals surface area contributed by atoms with E-state index in [-0.39, 0.29) is 0 Å². The first kappa shape index (κ1) is 13.1. The van der Waals surface area contributed by atoms with E-state index in [1.807, 2.05) is 0 Å². The van der Waals surface area contributed by atoms with Gasteiger partial charge in [-0.15, -0.1) is 0 Å². The number of hydrogen-bond acceptors (Lipinski definition) is 0. The molecule has 15 heavy (non-hydrogen) atoms. The van der Waals surface area contributed by atoms with Crippen molar-refractivity contribution in [2.75, 3.05) is 0 Å². The van der Waals surface area contributed by atoms with Crippen LogP contribution in [-0.4, -0.2) is 0 Å². The molecule has 0 aromatic rings. The lowest BCUT2D eigenvalue weighted by molar-refractivity contribution is 0.259. The normalized spacial score (nSPS) is 20.6. The summed E-state index contributed by atoms with van der Waals surface area (Å²) in [5.41, 5.74) is 0. The van der Waals surface area contributed by atoms with Gasteiger partial charge in [-0.05, 0) is 36.5 Å². The Morgan fingerprint density at radius 3 is 2.20 bits per heavy atom. The van der Waals surface area contributed by atoms with Gasteiger partial charge in [0, 0.05) is 0 Å². The molecule has 1 aliphatic rings. The molecule has 0 bridgehead atoms. The van der Waals surface area contributed by atoms with Crippen molar-refractivity contribution in [3.63, 3.8) is 0 Å². The number of rotatable bonds is 8. The first-order chi connectivity index (χ1) is 7.17. The first-order valence-electron chi connectivity index (χ1n) is 7.17. The van der Waals surface area contributed by atoms with Crippen LogP contribution in [0.25, 0.3) is 0 Å². The molecule has 1 aliphatic carbocycles. The summed E-state index contributed by atoms with van der Waals surface area (Å²) < 4.78 is 0. The van der Waals surface area contributed by atoms with Crippen LogP contribution < -0.4 is 0 Å². The smallest absolute Gasteiger partial charge is 0.0389 e. The second-order valence-electron chi connectivity index (χ2n) is 5.98. The summed E-state index contributed by atoms with van der Waals surface area (Å²) in [5.74, 6) is 4.01. The van der Waals surface area contributed by atoms with Crippen molar-refractivity contribution in [2.45, 2.75) is 72.6 Å². The minimum Gasteiger partial charge on any atom is -0.0654 e. The van der Waals surface area contributed by atoms with Crippen LogP contribution in [-0.2, 0) is 0 Å². The molecule has 2 atom stereocenters. The maximum absolute atomic E-state index is 2.41.